The van der Waals surface area contributed by atoms with Gasteiger partial charge in [0.1, 0.15) is 0 Å². The summed E-state index contributed by atoms with van der Waals surface area (Å²) in [6, 6.07) is 5.06. The molecule has 0 saturated carbocycles. The summed E-state index contributed by atoms with van der Waals surface area (Å²) in [6.45, 7) is 1.99. The highest BCUT2D eigenvalue weighted by Crippen LogP contribution is 2.30. The van der Waals surface area contributed by atoms with E-state index in [-0.39, 0.29) is 0 Å². The van der Waals surface area contributed by atoms with Gasteiger partial charge in [-0.05, 0) is 61.7 Å². The third-order valence-electron chi connectivity index (χ3n) is 3.87. The smallest absolute Gasteiger partial charge is 0.317 e. The Bertz CT molecular complexity index is 595. The van der Waals surface area contributed by atoms with Crippen molar-refractivity contribution in [3.8, 4) is 5.69 Å². The van der Waals surface area contributed by atoms with Crippen molar-refractivity contribution in [1.82, 2.24) is 15.1 Å². The van der Waals surface area contributed by atoms with E-state index in [2.05, 4.69) is 10.4 Å². The largest absolute Gasteiger partial charge is 0.416 e. The Morgan fingerprint density at radius 2 is 1.76 bits per heavy atom. The molecule has 1 aliphatic rings. The van der Waals surface area contributed by atoms with Gasteiger partial charge in [0, 0.05) is 6.20 Å². The lowest BCUT2D eigenvalue weighted by Gasteiger charge is -2.21. The normalized spacial score (nSPS) is 17.1. The highest BCUT2D eigenvalue weighted by Gasteiger charge is 2.30. The summed E-state index contributed by atoms with van der Waals surface area (Å²) in [7, 11) is 0. The Kier molecular flexibility index (Phi) is 3.71. The predicted octanol–water partition coefficient (Wildman–Crippen LogP) is 3.36. The second-order valence-corrected chi connectivity index (χ2v) is 5.29. The molecule has 3 nitrogen and oxygen atoms in total. The Morgan fingerprint density at radius 3 is 2.38 bits per heavy atom. The maximum absolute atomic E-state index is 12.5. The predicted molar refractivity (Wildman–Crippen MR) is 73.4 cm³/mol. The third kappa shape index (κ3) is 3.10. The molecule has 0 radical (unpaired) electrons. The van der Waals surface area contributed by atoms with Gasteiger partial charge in [-0.25, -0.2) is 4.68 Å². The van der Waals surface area contributed by atoms with Crippen LogP contribution in [0.25, 0.3) is 5.69 Å². The Hall–Kier alpha value is -1.82. The lowest BCUT2D eigenvalue weighted by Crippen LogP contribution is -2.26. The fraction of sp³-hybridized carbons (Fsp3) is 0.400. The average molecular weight is 295 g/mol. The van der Waals surface area contributed by atoms with Gasteiger partial charge in [-0.3, -0.25) is 0 Å². The zero-order valence-corrected chi connectivity index (χ0v) is 11.4. The molecule has 0 amide bonds. The molecule has 0 aliphatic carbocycles. The number of rotatable bonds is 2. The van der Waals surface area contributed by atoms with Gasteiger partial charge in [-0.15, -0.1) is 0 Å². The summed E-state index contributed by atoms with van der Waals surface area (Å²) in [6.07, 6.45) is 1.56. The highest BCUT2D eigenvalue weighted by molar-refractivity contribution is 5.35. The lowest BCUT2D eigenvalue weighted by molar-refractivity contribution is -0.137. The van der Waals surface area contributed by atoms with Crippen molar-refractivity contribution in [2.45, 2.75) is 24.9 Å². The minimum absolute atomic E-state index is 0.481. The number of nitrogens with zero attached hydrogens (tertiary/aromatic N) is 2. The molecule has 0 spiro atoms. The van der Waals surface area contributed by atoms with E-state index in [0.717, 1.165) is 43.6 Å². The zero-order chi connectivity index (χ0) is 14.9. The Balaban J connectivity index is 1.79. The van der Waals surface area contributed by atoms with Crippen LogP contribution in [-0.2, 0) is 6.18 Å². The molecule has 2 heterocycles. The topological polar surface area (TPSA) is 29.9 Å². The van der Waals surface area contributed by atoms with E-state index in [0.29, 0.717) is 11.6 Å². The molecule has 1 aliphatic heterocycles. The summed E-state index contributed by atoms with van der Waals surface area (Å²) >= 11 is 0. The molecule has 21 heavy (non-hydrogen) atoms. The van der Waals surface area contributed by atoms with E-state index in [1.807, 2.05) is 12.4 Å². The number of hydrogen-bond acceptors (Lipinski definition) is 2. The molecule has 112 valence electrons. The number of piperidine rings is 1. The van der Waals surface area contributed by atoms with E-state index >= 15 is 0 Å². The van der Waals surface area contributed by atoms with Crippen molar-refractivity contribution in [2.75, 3.05) is 13.1 Å². The van der Waals surface area contributed by atoms with Crippen LogP contribution in [-0.4, -0.2) is 22.9 Å². The maximum Gasteiger partial charge on any atom is 0.416 e. The fourth-order valence-electron chi connectivity index (χ4n) is 2.65. The summed E-state index contributed by atoms with van der Waals surface area (Å²) in [5.74, 6) is 0.481. The molecule has 1 fully saturated rings. The lowest BCUT2D eigenvalue weighted by atomic mass is 9.93. The van der Waals surface area contributed by atoms with Gasteiger partial charge in [0.15, 0.2) is 0 Å². The first-order valence-electron chi connectivity index (χ1n) is 6.97. The number of halogens is 3. The van der Waals surface area contributed by atoms with E-state index in [1.54, 1.807) is 4.68 Å². The summed E-state index contributed by atoms with van der Waals surface area (Å²) in [5.41, 5.74) is 1.15. The van der Waals surface area contributed by atoms with Crippen LogP contribution in [0.4, 0.5) is 13.2 Å². The van der Waals surface area contributed by atoms with Gasteiger partial charge >= 0.3 is 6.18 Å². The molecule has 1 aromatic heterocycles. The van der Waals surface area contributed by atoms with Crippen molar-refractivity contribution >= 4 is 0 Å². The molecule has 0 unspecified atom stereocenters. The Labute approximate surface area is 120 Å². The van der Waals surface area contributed by atoms with Gasteiger partial charge in [0.2, 0.25) is 0 Å². The highest BCUT2D eigenvalue weighted by atomic mass is 19.4. The van der Waals surface area contributed by atoms with Crippen LogP contribution in [0.5, 0.6) is 0 Å². The quantitative estimate of drug-likeness (QED) is 0.920. The van der Waals surface area contributed by atoms with Gasteiger partial charge in [0.25, 0.3) is 0 Å². The molecule has 0 bridgehead atoms. The van der Waals surface area contributed by atoms with Crippen molar-refractivity contribution in [3.05, 3.63) is 47.8 Å². The number of benzene rings is 1. The zero-order valence-electron chi connectivity index (χ0n) is 11.4. The van der Waals surface area contributed by atoms with Crippen LogP contribution < -0.4 is 5.32 Å². The van der Waals surface area contributed by atoms with Crippen LogP contribution in [0.15, 0.2) is 36.7 Å². The van der Waals surface area contributed by atoms with E-state index in [1.165, 1.54) is 12.1 Å². The van der Waals surface area contributed by atoms with E-state index < -0.39 is 11.7 Å². The number of aromatic nitrogens is 2. The number of hydrogen-bond donors (Lipinski definition) is 1. The summed E-state index contributed by atoms with van der Waals surface area (Å²) < 4.78 is 39.3. The van der Waals surface area contributed by atoms with Crippen molar-refractivity contribution in [2.24, 2.45) is 0 Å². The minimum atomic E-state index is -4.30. The van der Waals surface area contributed by atoms with Gasteiger partial charge < -0.3 is 5.32 Å². The molecule has 0 atom stereocenters. The SMILES string of the molecule is FC(F)(F)c1ccc(-n2cc(C3CCNCC3)cn2)cc1. The van der Waals surface area contributed by atoms with Crippen molar-refractivity contribution in [3.63, 3.8) is 0 Å². The van der Waals surface area contributed by atoms with Gasteiger partial charge in [-0.2, -0.15) is 18.3 Å². The van der Waals surface area contributed by atoms with Crippen LogP contribution in [0.2, 0.25) is 0 Å². The van der Waals surface area contributed by atoms with Crippen LogP contribution in [0.1, 0.15) is 29.9 Å². The van der Waals surface area contributed by atoms with E-state index in [9.17, 15) is 13.2 Å². The first kappa shape index (κ1) is 14.1. The number of nitrogens with one attached hydrogen (secondary N) is 1. The monoisotopic (exact) mass is 295 g/mol. The first-order valence-corrected chi connectivity index (χ1v) is 6.97. The standard InChI is InChI=1S/C15H16F3N3/c16-15(17,18)13-1-3-14(4-2-13)21-10-12(9-20-21)11-5-7-19-8-6-11/h1-4,9-11,19H,5-8H2. The molecule has 1 saturated heterocycles. The second kappa shape index (κ2) is 5.52. The fourth-order valence-corrected chi connectivity index (χ4v) is 2.65. The molecule has 1 aromatic carbocycles. The summed E-state index contributed by atoms with van der Waals surface area (Å²) in [5, 5.41) is 7.58. The molecule has 2 aromatic rings. The second-order valence-electron chi connectivity index (χ2n) is 5.29. The molecular weight excluding hydrogens is 279 g/mol. The summed E-state index contributed by atoms with van der Waals surface area (Å²) in [4.78, 5) is 0. The first-order chi connectivity index (χ1) is 10.0. The van der Waals surface area contributed by atoms with Gasteiger partial charge in [0.05, 0.1) is 17.4 Å². The molecule has 3 rings (SSSR count). The van der Waals surface area contributed by atoms with Crippen LogP contribution >= 0.6 is 0 Å². The Morgan fingerprint density at radius 1 is 1.10 bits per heavy atom. The molecule has 1 N–H and O–H groups in total. The van der Waals surface area contributed by atoms with Crippen molar-refractivity contribution < 1.29 is 13.2 Å². The van der Waals surface area contributed by atoms with Crippen LogP contribution in [0, 0.1) is 0 Å². The molecule has 6 heteroatoms. The van der Waals surface area contributed by atoms with E-state index in [4.69, 9.17) is 0 Å². The van der Waals surface area contributed by atoms with Crippen molar-refractivity contribution in [1.29, 1.82) is 0 Å². The maximum atomic E-state index is 12.5. The average Bonchev–Trinajstić information content (AvgIpc) is 2.97. The van der Waals surface area contributed by atoms with Crippen LogP contribution in [0.3, 0.4) is 0 Å². The molecular formula is C15H16F3N3. The third-order valence-corrected chi connectivity index (χ3v) is 3.87. The van der Waals surface area contributed by atoms with Gasteiger partial charge in [-0.1, -0.05) is 0 Å². The number of alkyl halides is 3. The minimum Gasteiger partial charge on any atom is -0.317 e.